The summed E-state index contributed by atoms with van der Waals surface area (Å²) in [5.41, 5.74) is 1.25. The van der Waals surface area contributed by atoms with Gasteiger partial charge < -0.3 is 4.74 Å². The van der Waals surface area contributed by atoms with Crippen LogP contribution in [0.4, 0.5) is 13.2 Å². The molecule has 0 fully saturated rings. The molecule has 2 rings (SSSR count). The standard InChI is InChI=1S/C14H12F3N3O2S/c15-14(16,17)5-8-22-12(21)9-23-13-19-7-4-11(20-13)10-3-1-2-6-18-10/h1-4,6-7H,5,8-9H2. The topological polar surface area (TPSA) is 65.0 Å². The molecule has 2 aromatic rings. The maximum absolute atomic E-state index is 11.9. The van der Waals surface area contributed by atoms with Crippen molar-refractivity contribution >= 4 is 17.7 Å². The van der Waals surface area contributed by atoms with Crippen molar-refractivity contribution in [3.63, 3.8) is 0 Å². The van der Waals surface area contributed by atoms with E-state index < -0.39 is 25.2 Å². The molecule has 0 saturated heterocycles. The Bertz CT molecular complexity index is 653. The van der Waals surface area contributed by atoms with Gasteiger partial charge in [-0.1, -0.05) is 17.8 Å². The van der Waals surface area contributed by atoms with Crippen molar-refractivity contribution in [2.24, 2.45) is 0 Å². The fourth-order valence-electron chi connectivity index (χ4n) is 1.51. The molecule has 0 unspecified atom stereocenters. The predicted octanol–water partition coefficient (Wildman–Crippen LogP) is 3.13. The average Bonchev–Trinajstić information content (AvgIpc) is 2.53. The van der Waals surface area contributed by atoms with E-state index in [0.29, 0.717) is 16.5 Å². The van der Waals surface area contributed by atoms with E-state index in [0.717, 1.165) is 11.8 Å². The van der Waals surface area contributed by atoms with Crippen molar-refractivity contribution in [2.75, 3.05) is 12.4 Å². The maximum atomic E-state index is 11.9. The predicted molar refractivity (Wildman–Crippen MR) is 77.6 cm³/mol. The van der Waals surface area contributed by atoms with E-state index >= 15 is 0 Å². The molecule has 122 valence electrons. The van der Waals surface area contributed by atoms with Crippen LogP contribution in [0.25, 0.3) is 11.4 Å². The third kappa shape index (κ3) is 6.23. The number of esters is 1. The number of carbonyl (C=O) groups excluding carboxylic acids is 1. The van der Waals surface area contributed by atoms with Crippen LogP contribution in [0.3, 0.4) is 0 Å². The van der Waals surface area contributed by atoms with Gasteiger partial charge in [0, 0.05) is 12.4 Å². The molecule has 0 aliphatic heterocycles. The van der Waals surface area contributed by atoms with E-state index in [1.807, 2.05) is 6.07 Å². The van der Waals surface area contributed by atoms with E-state index in [1.54, 1.807) is 24.4 Å². The van der Waals surface area contributed by atoms with Crippen molar-refractivity contribution in [1.29, 1.82) is 0 Å². The highest BCUT2D eigenvalue weighted by Gasteiger charge is 2.27. The van der Waals surface area contributed by atoms with Crippen LogP contribution >= 0.6 is 11.8 Å². The lowest BCUT2D eigenvalue weighted by Gasteiger charge is -2.07. The largest absolute Gasteiger partial charge is 0.465 e. The third-order valence-electron chi connectivity index (χ3n) is 2.53. The Morgan fingerprint density at radius 2 is 1.96 bits per heavy atom. The molecule has 0 aromatic carbocycles. The summed E-state index contributed by atoms with van der Waals surface area (Å²) in [4.78, 5) is 23.8. The van der Waals surface area contributed by atoms with Gasteiger partial charge in [0.2, 0.25) is 0 Å². The van der Waals surface area contributed by atoms with Gasteiger partial charge in [-0.25, -0.2) is 9.97 Å². The smallest absolute Gasteiger partial charge is 0.392 e. The Hall–Kier alpha value is -2.16. The summed E-state index contributed by atoms with van der Waals surface area (Å²) < 4.78 is 40.3. The lowest BCUT2D eigenvalue weighted by Crippen LogP contribution is -2.15. The van der Waals surface area contributed by atoms with Crippen LogP contribution in [0.15, 0.2) is 41.8 Å². The zero-order valence-corrected chi connectivity index (χ0v) is 12.6. The van der Waals surface area contributed by atoms with Crippen LogP contribution in [0.5, 0.6) is 0 Å². The molecule has 0 aliphatic rings. The highest BCUT2D eigenvalue weighted by atomic mass is 32.2. The number of ether oxygens (including phenoxy) is 1. The minimum atomic E-state index is -4.34. The first-order chi connectivity index (χ1) is 10.9. The van der Waals surface area contributed by atoms with Crippen molar-refractivity contribution in [3.05, 3.63) is 36.7 Å². The first kappa shape index (κ1) is 17.2. The highest BCUT2D eigenvalue weighted by molar-refractivity contribution is 7.99. The van der Waals surface area contributed by atoms with Gasteiger partial charge in [0.05, 0.1) is 30.2 Å². The molecular weight excluding hydrogens is 331 g/mol. The zero-order chi connectivity index (χ0) is 16.7. The Labute approximate surface area is 134 Å². The molecule has 0 atom stereocenters. The lowest BCUT2D eigenvalue weighted by molar-refractivity contribution is -0.156. The van der Waals surface area contributed by atoms with Crippen molar-refractivity contribution in [1.82, 2.24) is 15.0 Å². The van der Waals surface area contributed by atoms with Gasteiger partial charge in [-0.05, 0) is 18.2 Å². The Balaban J connectivity index is 1.85. The summed E-state index contributed by atoms with van der Waals surface area (Å²) in [6, 6.07) is 7.04. The molecular formula is C14H12F3N3O2S. The summed E-state index contributed by atoms with van der Waals surface area (Å²) in [7, 11) is 0. The van der Waals surface area contributed by atoms with Gasteiger partial charge in [0.25, 0.3) is 0 Å². The van der Waals surface area contributed by atoms with Gasteiger partial charge in [-0.15, -0.1) is 0 Å². The minimum Gasteiger partial charge on any atom is -0.465 e. The second-order valence-corrected chi connectivity index (χ2v) is 5.26. The second-order valence-electron chi connectivity index (χ2n) is 4.31. The summed E-state index contributed by atoms with van der Waals surface area (Å²) in [6.45, 7) is -0.683. The molecule has 0 spiro atoms. The molecule has 0 radical (unpaired) electrons. The molecule has 2 aromatic heterocycles. The Morgan fingerprint density at radius 3 is 2.65 bits per heavy atom. The number of nitrogens with zero attached hydrogens (tertiary/aromatic N) is 3. The Morgan fingerprint density at radius 1 is 1.13 bits per heavy atom. The summed E-state index contributed by atoms with van der Waals surface area (Å²) >= 11 is 0.990. The number of hydrogen-bond acceptors (Lipinski definition) is 6. The van der Waals surface area contributed by atoms with E-state index in [-0.39, 0.29) is 5.75 Å². The molecule has 0 saturated carbocycles. The lowest BCUT2D eigenvalue weighted by atomic mass is 10.3. The van der Waals surface area contributed by atoms with Crippen LogP contribution in [-0.4, -0.2) is 39.5 Å². The number of carbonyl (C=O) groups is 1. The molecule has 0 bridgehead atoms. The number of alkyl halides is 3. The molecule has 23 heavy (non-hydrogen) atoms. The minimum absolute atomic E-state index is 0.163. The van der Waals surface area contributed by atoms with Gasteiger partial charge in [0.1, 0.15) is 0 Å². The van der Waals surface area contributed by atoms with Crippen molar-refractivity contribution < 1.29 is 22.7 Å². The SMILES string of the molecule is O=C(CSc1nccc(-c2ccccn2)n1)OCCC(F)(F)F. The van der Waals surface area contributed by atoms with Gasteiger partial charge in [-0.2, -0.15) is 13.2 Å². The fourth-order valence-corrected chi connectivity index (χ4v) is 2.14. The molecule has 0 aliphatic carbocycles. The van der Waals surface area contributed by atoms with Crippen LogP contribution < -0.4 is 0 Å². The third-order valence-corrected chi connectivity index (χ3v) is 3.36. The molecule has 0 N–H and O–H groups in total. The number of thioether (sulfide) groups is 1. The normalized spacial score (nSPS) is 11.3. The number of rotatable bonds is 6. The molecule has 2 heterocycles. The number of halogens is 3. The first-order valence-corrected chi connectivity index (χ1v) is 7.52. The van der Waals surface area contributed by atoms with Crippen molar-refractivity contribution in [3.8, 4) is 11.4 Å². The fraction of sp³-hybridized carbons (Fsp3) is 0.286. The van der Waals surface area contributed by atoms with E-state index in [1.165, 1.54) is 6.20 Å². The van der Waals surface area contributed by atoms with E-state index in [2.05, 4.69) is 19.7 Å². The quantitative estimate of drug-likeness (QED) is 0.456. The zero-order valence-electron chi connectivity index (χ0n) is 11.8. The first-order valence-electron chi connectivity index (χ1n) is 6.54. The van der Waals surface area contributed by atoms with Gasteiger partial charge in [-0.3, -0.25) is 9.78 Å². The number of aromatic nitrogens is 3. The molecule has 5 nitrogen and oxygen atoms in total. The monoisotopic (exact) mass is 343 g/mol. The Kier molecular flexibility index (Phi) is 5.91. The molecule has 9 heteroatoms. The maximum Gasteiger partial charge on any atom is 0.392 e. The highest BCUT2D eigenvalue weighted by Crippen LogP contribution is 2.20. The van der Waals surface area contributed by atoms with Crippen molar-refractivity contribution in [2.45, 2.75) is 17.8 Å². The van der Waals surface area contributed by atoms with Crippen LogP contribution in [0.1, 0.15) is 6.42 Å². The summed E-state index contributed by atoms with van der Waals surface area (Å²) in [5, 5.41) is 0.320. The number of hydrogen-bond donors (Lipinski definition) is 0. The average molecular weight is 343 g/mol. The van der Waals surface area contributed by atoms with Gasteiger partial charge in [0.15, 0.2) is 5.16 Å². The summed E-state index contributed by atoms with van der Waals surface area (Å²) in [5.74, 6) is -0.908. The van der Waals surface area contributed by atoms with Crippen LogP contribution in [0, 0.1) is 0 Å². The van der Waals surface area contributed by atoms with E-state index in [9.17, 15) is 18.0 Å². The second kappa shape index (κ2) is 7.91. The molecule has 0 amide bonds. The van der Waals surface area contributed by atoms with E-state index in [4.69, 9.17) is 0 Å². The van der Waals surface area contributed by atoms with Crippen LogP contribution in [-0.2, 0) is 9.53 Å². The summed E-state index contributed by atoms with van der Waals surface area (Å²) in [6.07, 6.45) is -2.35. The number of pyridine rings is 1. The van der Waals surface area contributed by atoms with Crippen LogP contribution in [0.2, 0.25) is 0 Å². The van der Waals surface area contributed by atoms with Gasteiger partial charge >= 0.3 is 12.1 Å².